The molecule has 2 amide bonds. The maximum Gasteiger partial charge on any atom is 0.410 e. The molecular weight excluding hydrogens is 480 g/mol. The molecule has 4 atom stereocenters. The maximum absolute atomic E-state index is 13.4. The largest absolute Gasteiger partial charge is 0.446 e. The summed E-state index contributed by atoms with van der Waals surface area (Å²) in [5, 5.41) is -0.206. The van der Waals surface area contributed by atoms with Crippen LogP contribution >= 0.6 is 0 Å². The van der Waals surface area contributed by atoms with Gasteiger partial charge in [0, 0.05) is 32.4 Å². The van der Waals surface area contributed by atoms with Gasteiger partial charge in [-0.1, -0.05) is 13.8 Å². The van der Waals surface area contributed by atoms with Gasteiger partial charge in [0.2, 0.25) is 5.91 Å². The van der Waals surface area contributed by atoms with E-state index in [4.69, 9.17) is 9.47 Å². The van der Waals surface area contributed by atoms with Crippen molar-refractivity contribution in [1.82, 2.24) is 9.80 Å². The minimum atomic E-state index is -3.04. The molecule has 0 aromatic heterocycles. The van der Waals surface area contributed by atoms with Crippen LogP contribution in [-0.2, 0) is 24.1 Å². The first-order valence-corrected chi connectivity index (χ1v) is 15.8. The predicted octanol–water partition coefficient (Wildman–Crippen LogP) is 4.02. The molecule has 2 saturated heterocycles. The number of amides is 2. The van der Waals surface area contributed by atoms with E-state index in [2.05, 4.69) is 0 Å². The van der Waals surface area contributed by atoms with Crippen LogP contribution in [0.3, 0.4) is 0 Å². The van der Waals surface area contributed by atoms with Gasteiger partial charge in [0.1, 0.15) is 6.10 Å². The van der Waals surface area contributed by atoms with E-state index in [1.807, 2.05) is 30.6 Å². The lowest BCUT2D eigenvalue weighted by atomic mass is 9.69. The Labute approximate surface area is 217 Å². The Hall–Kier alpha value is -1.35. The zero-order valence-electron chi connectivity index (χ0n) is 22.6. The molecule has 2 aliphatic carbocycles. The fraction of sp³-hybridized carbons (Fsp3) is 0.926. The number of ether oxygens (including phenoxy) is 2. The van der Waals surface area contributed by atoms with Gasteiger partial charge in [-0.15, -0.1) is 0 Å². The zero-order valence-corrected chi connectivity index (χ0v) is 23.4. The average Bonchev–Trinajstić information content (AvgIpc) is 2.83. The van der Waals surface area contributed by atoms with Crippen molar-refractivity contribution in [3.63, 3.8) is 0 Å². The molecule has 0 radical (unpaired) electrons. The van der Waals surface area contributed by atoms with Gasteiger partial charge in [0.15, 0.2) is 9.84 Å². The third kappa shape index (κ3) is 6.20. The average molecular weight is 527 g/mol. The highest BCUT2D eigenvalue weighted by atomic mass is 32.2. The molecule has 8 nitrogen and oxygen atoms in total. The van der Waals surface area contributed by atoms with Crippen molar-refractivity contribution >= 4 is 21.8 Å². The highest BCUT2D eigenvalue weighted by molar-refractivity contribution is 7.92. The second-order valence-corrected chi connectivity index (χ2v) is 14.4. The summed E-state index contributed by atoms with van der Waals surface area (Å²) in [5.74, 6) is 1.44. The normalized spacial score (nSPS) is 34.4. The van der Waals surface area contributed by atoms with Crippen molar-refractivity contribution in [3.05, 3.63) is 0 Å². The summed E-state index contributed by atoms with van der Waals surface area (Å²) in [7, 11) is -3.04. The van der Waals surface area contributed by atoms with E-state index < -0.39 is 9.84 Å². The number of fused-ring (bicyclic) bond motifs is 1. The standard InChI is InChI=1S/C27H46N2O6S/c1-18(2)17-36(32,33)24-8-5-21(6-9-24)22-7-10-25-26(15-22)28(16-19(3)29(25)20(4)30)27(31)35-23-11-13-34-14-12-23/h18-19,21-26H,5-17H2,1-4H3/t19-,21?,22?,24?,25?,26?/m0/s1. The molecule has 0 aromatic rings. The number of hydrogen-bond acceptors (Lipinski definition) is 6. The second kappa shape index (κ2) is 11.6. The van der Waals surface area contributed by atoms with Crippen LogP contribution in [0.2, 0.25) is 0 Å². The van der Waals surface area contributed by atoms with Gasteiger partial charge in [0.25, 0.3) is 0 Å². The maximum atomic E-state index is 13.4. The Balaban J connectivity index is 1.43. The summed E-state index contributed by atoms with van der Waals surface area (Å²) in [5.41, 5.74) is 0. The molecule has 0 aromatic carbocycles. The van der Waals surface area contributed by atoms with Crippen LogP contribution < -0.4 is 0 Å². The summed E-state index contributed by atoms with van der Waals surface area (Å²) >= 11 is 0. The number of hydrogen-bond donors (Lipinski definition) is 0. The van der Waals surface area contributed by atoms with Crippen molar-refractivity contribution in [2.75, 3.05) is 25.5 Å². The number of nitrogens with zero attached hydrogens (tertiary/aromatic N) is 2. The van der Waals surface area contributed by atoms with Crippen molar-refractivity contribution in [1.29, 1.82) is 0 Å². The van der Waals surface area contributed by atoms with E-state index in [0.29, 0.717) is 31.6 Å². The van der Waals surface area contributed by atoms with E-state index >= 15 is 0 Å². The third-order valence-electron chi connectivity index (χ3n) is 9.01. The molecule has 2 heterocycles. The first kappa shape index (κ1) is 27.7. The topological polar surface area (TPSA) is 93.2 Å². The first-order valence-electron chi connectivity index (χ1n) is 14.1. The van der Waals surface area contributed by atoms with Crippen LogP contribution in [0.25, 0.3) is 0 Å². The Morgan fingerprint density at radius 1 is 0.944 bits per heavy atom. The Morgan fingerprint density at radius 2 is 1.58 bits per heavy atom. The summed E-state index contributed by atoms with van der Waals surface area (Å²) < 4.78 is 36.9. The minimum absolute atomic E-state index is 0.0208. The fourth-order valence-electron chi connectivity index (χ4n) is 7.36. The van der Waals surface area contributed by atoms with Crippen molar-refractivity contribution in [2.45, 2.75) is 115 Å². The molecule has 4 fully saturated rings. The highest BCUT2D eigenvalue weighted by Gasteiger charge is 2.48. The smallest absolute Gasteiger partial charge is 0.410 e. The lowest BCUT2D eigenvalue weighted by Gasteiger charge is -2.54. The molecule has 2 saturated carbocycles. The molecule has 4 aliphatic rings. The van der Waals surface area contributed by atoms with Crippen LogP contribution in [0.15, 0.2) is 0 Å². The second-order valence-electron chi connectivity index (χ2n) is 12.1. The van der Waals surface area contributed by atoms with Gasteiger partial charge < -0.3 is 19.3 Å². The van der Waals surface area contributed by atoms with Crippen LogP contribution in [0, 0.1) is 17.8 Å². The first-order chi connectivity index (χ1) is 17.1. The van der Waals surface area contributed by atoms with E-state index in [0.717, 1.165) is 57.8 Å². The monoisotopic (exact) mass is 526 g/mol. The zero-order chi connectivity index (χ0) is 26.0. The molecular formula is C27H46N2O6S. The Kier molecular flexibility index (Phi) is 8.91. The number of carbonyl (C=O) groups is 2. The van der Waals surface area contributed by atoms with Crippen LogP contribution in [-0.4, -0.2) is 85.2 Å². The molecule has 4 rings (SSSR count). The quantitative estimate of drug-likeness (QED) is 0.537. The minimum Gasteiger partial charge on any atom is -0.446 e. The molecule has 2 aliphatic heterocycles. The highest BCUT2D eigenvalue weighted by Crippen LogP contribution is 2.44. The third-order valence-corrected chi connectivity index (χ3v) is 11.6. The van der Waals surface area contributed by atoms with Gasteiger partial charge in [-0.2, -0.15) is 0 Å². The summed E-state index contributed by atoms with van der Waals surface area (Å²) in [6.07, 6.45) is 7.23. The predicted molar refractivity (Wildman–Crippen MR) is 138 cm³/mol. The van der Waals surface area contributed by atoms with E-state index in [1.54, 1.807) is 6.92 Å². The Morgan fingerprint density at radius 3 is 2.19 bits per heavy atom. The van der Waals surface area contributed by atoms with E-state index in [-0.39, 0.29) is 53.2 Å². The number of rotatable bonds is 5. The van der Waals surface area contributed by atoms with E-state index in [1.165, 1.54) is 0 Å². The molecule has 36 heavy (non-hydrogen) atoms. The summed E-state index contributed by atoms with van der Waals surface area (Å²) in [4.78, 5) is 29.8. The SMILES string of the molecule is CC(=O)N1C2CCC(C3CCC(S(=O)(=O)CC(C)C)CC3)CC2N(C(=O)OC2CCOCC2)C[C@@H]1C. The van der Waals surface area contributed by atoms with Crippen molar-refractivity contribution in [3.8, 4) is 0 Å². The van der Waals surface area contributed by atoms with Crippen LogP contribution in [0.1, 0.15) is 85.5 Å². The van der Waals surface area contributed by atoms with E-state index in [9.17, 15) is 18.0 Å². The molecule has 0 N–H and O–H groups in total. The van der Waals surface area contributed by atoms with Gasteiger partial charge in [-0.25, -0.2) is 13.2 Å². The number of piperazine rings is 1. The van der Waals surface area contributed by atoms with Gasteiger partial charge in [-0.05, 0) is 69.6 Å². The molecule has 0 spiro atoms. The van der Waals surface area contributed by atoms with Crippen molar-refractivity contribution in [2.24, 2.45) is 17.8 Å². The van der Waals surface area contributed by atoms with Crippen LogP contribution in [0.5, 0.6) is 0 Å². The van der Waals surface area contributed by atoms with Gasteiger partial charge in [0.05, 0.1) is 36.3 Å². The van der Waals surface area contributed by atoms with Gasteiger partial charge >= 0.3 is 6.09 Å². The summed E-state index contributed by atoms with van der Waals surface area (Å²) in [6.45, 7) is 9.33. The van der Waals surface area contributed by atoms with Crippen LogP contribution in [0.4, 0.5) is 4.79 Å². The van der Waals surface area contributed by atoms with Crippen molar-refractivity contribution < 1.29 is 27.5 Å². The lowest BCUT2D eigenvalue weighted by Crippen LogP contribution is -2.67. The molecule has 206 valence electrons. The fourth-order valence-corrected chi connectivity index (χ4v) is 9.55. The number of sulfone groups is 1. The Bertz CT molecular complexity index is 879. The number of carbonyl (C=O) groups excluding carboxylic acids is 2. The summed E-state index contributed by atoms with van der Waals surface area (Å²) in [6, 6.07) is -0.0600. The lowest BCUT2D eigenvalue weighted by molar-refractivity contribution is -0.143. The van der Waals surface area contributed by atoms with Gasteiger partial charge in [-0.3, -0.25) is 4.79 Å². The molecule has 0 bridgehead atoms. The molecule has 3 unspecified atom stereocenters. The molecule has 9 heteroatoms.